The Balaban J connectivity index is 2.11. The van der Waals surface area contributed by atoms with Gasteiger partial charge in [-0.2, -0.15) is 4.98 Å². The van der Waals surface area contributed by atoms with Crippen LogP contribution in [0.1, 0.15) is 41.8 Å². The molecule has 0 aromatic carbocycles. The number of carbonyl (C=O) groups is 1. The van der Waals surface area contributed by atoms with E-state index in [-0.39, 0.29) is 11.9 Å². The molecule has 2 heterocycles. The molecule has 0 aliphatic carbocycles. The minimum Gasteiger partial charge on any atom is -0.475 e. The number of aromatic nitrogens is 2. The maximum absolute atomic E-state index is 10.5. The van der Waals surface area contributed by atoms with Gasteiger partial charge in [-0.15, -0.1) is 0 Å². The van der Waals surface area contributed by atoms with E-state index in [1.54, 1.807) is 0 Å². The van der Waals surface area contributed by atoms with Crippen LogP contribution in [0.4, 0.5) is 0 Å². The molecular weight excluding hydrogens is 186 g/mol. The van der Waals surface area contributed by atoms with Gasteiger partial charge in [-0.05, 0) is 24.5 Å². The molecule has 0 unspecified atom stereocenters. The van der Waals surface area contributed by atoms with Crippen LogP contribution in [0.5, 0.6) is 0 Å². The van der Waals surface area contributed by atoms with E-state index in [1.165, 1.54) is 0 Å². The fraction of sp³-hybridized carbons (Fsp3) is 0.625. The van der Waals surface area contributed by atoms with Crippen LogP contribution in [0, 0.1) is 0 Å². The third kappa shape index (κ3) is 1.74. The van der Waals surface area contributed by atoms with Crippen molar-refractivity contribution >= 4 is 5.97 Å². The summed E-state index contributed by atoms with van der Waals surface area (Å²) >= 11 is 0. The van der Waals surface area contributed by atoms with Gasteiger partial charge in [0.25, 0.3) is 5.82 Å². The molecule has 1 atom stereocenters. The number of rotatable bonds is 2. The molecule has 0 radical (unpaired) electrons. The molecule has 2 rings (SSSR count). The number of nitrogens with zero attached hydrogens (tertiary/aromatic N) is 2. The monoisotopic (exact) mass is 197 g/mol. The minimum atomic E-state index is -1.16. The topological polar surface area (TPSA) is 88.2 Å². The molecule has 0 spiro atoms. The molecule has 0 saturated carbocycles. The van der Waals surface area contributed by atoms with Gasteiger partial charge in [0, 0.05) is 0 Å². The predicted molar refractivity (Wildman–Crippen MR) is 45.9 cm³/mol. The first-order valence-corrected chi connectivity index (χ1v) is 4.57. The zero-order valence-electron chi connectivity index (χ0n) is 7.56. The van der Waals surface area contributed by atoms with Crippen molar-refractivity contribution in [2.24, 2.45) is 0 Å². The molecule has 1 aromatic heterocycles. The molecule has 1 aliphatic rings. The van der Waals surface area contributed by atoms with Gasteiger partial charge in [0.1, 0.15) is 0 Å². The fourth-order valence-corrected chi connectivity index (χ4v) is 1.53. The van der Waals surface area contributed by atoms with Crippen molar-refractivity contribution in [3.05, 3.63) is 11.7 Å². The van der Waals surface area contributed by atoms with Crippen molar-refractivity contribution < 1.29 is 14.4 Å². The molecule has 1 aliphatic heterocycles. The Morgan fingerprint density at radius 1 is 1.57 bits per heavy atom. The smallest absolute Gasteiger partial charge is 0.377 e. The first-order valence-electron chi connectivity index (χ1n) is 4.57. The van der Waals surface area contributed by atoms with Gasteiger partial charge in [0.2, 0.25) is 5.89 Å². The summed E-state index contributed by atoms with van der Waals surface area (Å²) in [6.45, 7) is 0.912. The Kier molecular flexibility index (Phi) is 2.45. The molecule has 6 nitrogen and oxygen atoms in total. The number of aromatic carboxylic acids is 1. The van der Waals surface area contributed by atoms with Crippen LogP contribution < -0.4 is 5.32 Å². The van der Waals surface area contributed by atoms with Crippen molar-refractivity contribution in [3.63, 3.8) is 0 Å². The van der Waals surface area contributed by atoms with Crippen LogP contribution in [-0.2, 0) is 0 Å². The third-order valence-corrected chi connectivity index (χ3v) is 2.24. The van der Waals surface area contributed by atoms with Crippen molar-refractivity contribution in [3.8, 4) is 0 Å². The summed E-state index contributed by atoms with van der Waals surface area (Å²) in [6.07, 6.45) is 3.15. The van der Waals surface area contributed by atoms with E-state index < -0.39 is 5.97 Å². The van der Waals surface area contributed by atoms with Gasteiger partial charge >= 0.3 is 5.97 Å². The molecule has 14 heavy (non-hydrogen) atoms. The second kappa shape index (κ2) is 3.75. The van der Waals surface area contributed by atoms with E-state index in [4.69, 9.17) is 9.63 Å². The van der Waals surface area contributed by atoms with E-state index in [2.05, 4.69) is 15.5 Å². The van der Waals surface area contributed by atoms with Gasteiger partial charge in [-0.25, -0.2) is 4.79 Å². The predicted octanol–water partition coefficient (Wildman–Crippen LogP) is 0.582. The Morgan fingerprint density at radius 3 is 3.00 bits per heavy atom. The van der Waals surface area contributed by atoms with Crippen LogP contribution >= 0.6 is 0 Å². The van der Waals surface area contributed by atoms with Gasteiger partial charge < -0.3 is 14.9 Å². The molecule has 1 saturated heterocycles. The molecular formula is C8H11N3O3. The number of carboxylic acid groups (broad SMARTS) is 1. The molecule has 1 aromatic rings. The summed E-state index contributed by atoms with van der Waals surface area (Å²) in [5, 5.41) is 15.2. The second-order valence-electron chi connectivity index (χ2n) is 3.26. The number of nitrogens with one attached hydrogen (secondary N) is 1. The average molecular weight is 197 g/mol. The zero-order valence-corrected chi connectivity index (χ0v) is 7.56. The lowest BCUT2D eigenvalue weighted by Gasteiger charge is -2.19. The van der Waals surface area contributed by atoms with Crippen LogP contribution in [0.2, 0.25) is 0 Å². The highest BCUT2D eigenvalue weighted by Gasteiger charge is 2.22. The first-order chi connectivity index (χ1) is 6.77. The Hall–Kier alpha value is -1.43. The summed E-state index contributed by atoms with van der Waals surface area (Å²) < 4.78 is 4.86. The van der Waals surface area contributed by atoms with E-state index in [0.717, 1.165) is 25.8 Å². The summed E-state index contributed by atoms with van der Waals surface area (Å²) in [5.74, 6) is -1.05. The Morgan fingerprint density at radius 2 is 2.43 bits per heavy atom. The van der Waals surface area contributed by atoms with Crippen molar-refractivity contribution in [1.82, 2.24) is 15.5 Å². The highest BCUT2D eigenvalue weighted by molar-refractivity contribution is 5.82. The third-order valence-electron chi connectivity index (χ3n) is 2.24. The maximum atomic E-state index is 10.5. The van der Waals surface area contributed by atoms with E-state index in [1.807, 2.05) is 0 Å². The van der Waals surface area contributed by atoms with Crippen molar-refractivity contribution in [2.75, 3.05) is 6.54 Å². The van der Waals surface area contributed by atoms with Crippen molar-refractivity contribution in [2.45, 2.75) is 25.3 Å². The number of hydrogen-bond donors (Lipinski definition) is 2. The largest absolute Gasteiger partial charge is 0.475 e. The van der Waals surface area contributed by atoms with E-state index in [9.17, 15) is 4.79 Å². The first kappa shape index (κ1) is 9.14. The van der Waals surface area contributed by atoms with E-state index >= 15 is 0 Å². The molecule has 0 bridgehead atoms. The number of piperidine rings is 1. The molecule has 0 amide bonds. The fourth-order valence-electron chi connectivity index (χ4n) is 1.53. The lowest BCUT2D eigenvalue weighted by Crippen LogP contribution is -2.27. The molecule has 76 valence electrons. The molecule has 2 N–H and O–H groups in total. The lowest BCUT2D eigenvalue weighted by molar-refractivity contribution is 0.0680. The number of hydrogen-bond acceptors (Lipinski definition) is 5. The van der Waals surface area contributed by atoms with Gasteiger partial charge in [0.05, 0.1) is 6.04 Å². The van der Waals surface area contributed by atoms with Gasteiger partial charge in [-0.1, -0.05) is 6.42 Å². The normalized spacial score (nSPS) is 22.1. The maximum Gasteiger partial charge on any atom is 0.377 e. The minimum absolute atomic E-state index is 0.0179. The number of carboxylic acids is 1. The van der Waals surface area contributed by atoms with Crippen LogP contribution in [0.15, 0.2) is 4.52 Å². The highest BCUT2D eigenvalue weighted by atomic mass is 16.5. The standard InChI is InChI=1S/C8H11N3O3/c12-8(13)6-10-7(14-11-6)5-3-1-2-4-9-5/h5,9H,1-4H2,(H,12,13)/t5-/m1/s1. The summed E-state index contributed by atoms with van der Waals surface area (Å²) in [6, 6.07) is 0.0179. The van der Waals surface area contributed by atoms with Crippen LogP contribution in [0.3, 0.4) is 0 Å². The Labute approximate surface area is 80.3 Å². The highest BCUT2D eigenvalue weighted by Crippen LogP contribution is 2.20. The summed E-state index contributed by atoms with van der Waals surface area (Å²) in [7, 11) is 0. The quantitative estimate of drug-likeness (QED) is 0.721. The summed E-state index contributed by atoms with van der Waals surface area (Å²) in [4.78, 5) is 14.3. The average Bonchev–Trinajstić information content (AvgIpc) is 2.68. The molecule has 6 heteroatoms. The lowest BCUT2D eigenvalue weighted by atomic mass is 10.1. The van der Waals surface area contributed by atoms with E-state index in [0.29, 0.717) is 5.89 Å². The second-order valence-corrected chi connectivity index (χ2v) is 3.26. The van der Waals surface area contributed by atoms with Crippen LogP contribution in [0.25, 0.3) is 0 Å². The SMILES string of the molecule is O=C(O)c1noc([C@H]2CCCCN2)n1. The Bertz CT molecular complexity index is 330. The van der Waals surface area contributed by atoms with Gasteiger partial charge in [-0.3, -0.25) is 0 Å². The summed E-state index contributed by atoms with van der Waals surface area (Å²) in [5.41, 5.74) is 0. The molecule has 1 fully saturated rings. The van der Waals surface area contributed by atoms with Gasteiger partial charge in [0.15, 0.2) is 0 Å². The van der Waals surface area contributed by atoms with Crippen molar-refractivity contribution in [1.29, 1.82) is 0 Å². The zero-order chi connectivity index (χ0) is 9.97. The van der Waals surface area contributed by atoms with Crippen LogP contribution in [-0.4, -0.2) is 27.8 Å².